The lowest BCUT2D eigenvalue weighted by atomic mass is 9.93. The van der Waals surface area contributed by atoms with Gasteiger partial charge in [-0.1, -0.05) is 80.4 Å². The molecule has 4 rings (SSSR count). The molecule has 9 heteroatoms. The molecule has 0 spiro atoms. The number of amides is 1. The van der Waals surface area contributed by atoms with Crippen LogP contribution in [0.3, 0.4) is 0 Å². The molecule has 44 heavy (non-hydrogen) atoms. The lowest BCUT2D eigenvalue weighted by molar-refractivity contribution is -0.139. The number of sulfone groups is 1. The third-order valence-corrected chi connectivity index (χ3v) is 9.62. The summed E-state index contributed by atoms with van der Waals surface area (Å²) in [6, 6.07) is 26.3. The number of benzene rings is 3. The van der Waals surface area contributed by atoms with Gasteiger partial charge in [-0.05, 0) is 71.8 Å². The molecule has 0 radical (unpaired) electrons. The van der Waals surface area contributed by atoms with E-state index in [1.807, 2.05) is 61.5 Å². The van der Waals surface area contributed by atoms with Crippen LogP contribution >= 0.6 is 11.3 Å². The third kappa shape index (κ3) is 9.11. The van der Waals surface area contributed by atoms with E-state index in [0.29, 0.717) is 17.7 Å². The van der Waals surface area contributed by atoms with Crippen molar-refractivity contribution in [3.8, 4) is 21.6 Å². The van der Waals surface area contributed by atoms with Crippen LogP contribution in [0.2, 0.25) is 0 Å². The van der Waals surface area contributed by atoms with Crippen molar-refractivity contribution in [2.24, 2.45) is 0 Å². The first-order chi connectivity index (χ1) is 21.1. The number of unbranched alkanes of at least 4 members (excludes halogenated alkanes) is 1. The van der Waals surface area contributed by atoms with Crippen molar-refractivity contribution >= 4 is 33.1 Å². The fourth-order valence-electron chi connectivity index (χ4n) is 4.98. The largest absolute Gasteiger partial charge is 0.480 e. The van der Waals surface area contributed by atoms with Gasteiger partial charge in [-0.15, -0.1) is 11.3 Å². The summed E-state index contributed by atoms with van der Waals surface area (Å²) in [5.41, 5.74) is 4.82. The summed E-state index contributed by atoms with van der Waals surface area (Å²) < 4.78 is 29.8. The zero-order valence-corrected chi connectivity index (χ0v) is 26.9. The van der Waals surface area contributed by atoms with Crippen molar-refractivity contribution < 1.29 is 27.9 Å². The Morgan fingerprint density at radius 3 is 2.34 bits per heavy atom. The Balaban J connectivity index is 1.59. The normalized spacial score (nSPS) is 12.9. The Labute approximate surface area is 263 Å². The van der Waals surface area contributed by atoms with Crippen molar-refractivity contribution in [3.63, 3.8) is 0 Å². The second kappa shape index (κ2) is 15.3. The SMILES string of the molecule is CCCC[C@H](OCc1ccc(C(=O)N[C@@H](CCS(C)(=O)=O)C(=O)O)c(-c2ccccc2C)c1)c1ccc(-c2ccccc2)s1. The Kier molecular flexibility index (Phi) is 11.5. The summed E-state index contributed by atoms with van der Waals surface area (Å²) in [7, 11) is -3.40. The lowest BCUT2D eigenvalue weighted by Crippen LogP contribution is -2.42. The molecule has 2 N–H and O–H groups in total. The van der Waals surface area contributed by atoms with E-state index in [9.17, 15) is 23.1 Å². The van der Waals surface area contributed by atoms with Crippen molar-refractivity contribution in [1.29, 1.82) is 0 Å². The average molecular weight is 634 g/mol. The summed E-state index contributed by atoms with van der Waals surface area (Å²) in [6.07, 6.45) is 3.71. The third-order valence-electron chi connectivity index (χ3n) is 7.42. The molecule has 232 valence electrons. The maximum Gasteiger partial charge on any atom is 0.326 e. The number of aryl methyl sites for hydroxylation is 1. The van der Waals surface area contributed by atoms with Crippen LogP contribution in [0, 0.1) is 6.92 Å². The predicted molar refractivity (Wildman–Crippen MR) is 177 cm³/mol. The van der Waals surface area contributed by atoms with Crippen molar-refractivity contribution in [2.75, 3.05) is 12.0 Å². The van der Waals surface area contributed by atoms with E-state index in [-0.39, 0.29) is 18.3 Å². The lowest BCUT2D eigenvalue weighted by Gasteiger charge is -2.19. The standard InChI is InChI=1S/C35H39NO6S2/c1-4-5-15-31(33-19-18-32(43-33)26-12-7-6-8-13-26)42-23-25-16-17-28(29(22-25)27-14-10-9-11-24(27)2)34(37)36-30(35(38)39)20-21-44(3,40)41/h6-14,16-19,22,30-31H,4-5,15,20-21,23H2,1-3H3,(H,36,37)(H,38,39)/t30-,31-/m0/s1. The van der Waals surface area contributed by atoms with E-state index in [4.69, 9.17) is 4.74 Å². The monoisotopic (exact) mass is 633 g/mol. The molecule has 0 aliphatic carbocycles. The number of aliphatic carboxylic acids is 1. The first-order valence-corrected chi connectivity index (χ1v) is 17.6. The molecule has 1 aromatic heterocycles. The van der Waals surface area contributed by atoms with Crippen LogP contribution in [0.15, 0.2) is 84.9 Å². The fraction of sp³-hybridized carbons (Fsp3) is 0.314. The number of carboxylic acid groups (broad SMARTS) is 1. The fourth-order valence-corrected chi connectivity index (χ4v) is 6.74. The van der Waals surface area contributed by atoms with Gasteiger partial charge in [-0.2, -0.15) is 0 Å². The van der Waals surface area contributed by atoms with Gasteiger partial charge in [-0.3, -0.25) is 4.79 Å². The van der Waals surface area contributed by atoms with E-state index < -0.39 is 27.8 Å². The Bertz CT molecular complexity index is 1680. The molecule has 1 heterocycles. The van der Waals surface area contributed by atoms with Crippen LogP contribution in [0.25, 0.3) is 21.6 Å². The summed E-state index contributed by atoms with van der Waals surface area (Å²) in [4.78, 5) is 27.6. The highest BCUT2D eigenvalue weighted by molar-refractivity contribution is 7.90. The highest BCUT2D eigenvalue weighted by Gasteiger charge is 2.24. The highest BCUT2D eigenvalue weighted by Crippen LogP contribution is 2.36. The van der Waals surface area contributed by atoms with E-state index in [1.54, 1.807) is 17.4 Å². The van der Waals surface area contributed by atoms with Gasteiger partial charge in [0.05, 0.1) is 18.5 Å². The van der Waals surface area contributed by atoms with Crippen molar-refractivity contribution in [3.05, 3.63) is 106 Å². The quantitative estimate of drug-likeness (QED) is 0.141. The van der Waals surface area contributed by atoms with Crippen LogP contribution < -0.4 is 5.32 Å². The van der Waals surface area contributed by atoms with E-state index in [2.05, 4.69) is 36.5 Å². The zero-order chi connectivity index (χ0) is 31.7. The van der Waals surface area contributed by atoms with Gasteiger partial charge in [0.25, 0.3) is 5.91 Å². The highest BCUT2D eigenvalue weighted by atomic mass is 32.2. The molecule has 7 nitrogen and oxygen atoms in total. The van der Waals surface area contributed by atoms with Gasteiger partial charge in [0.1, 0.15) is 15.9 Å². The van der Waals surface area contributed by atoms with Gasteiger partial charge in [0.15, 0.2) is 0 Å². The van der Waals surface area contributed by atoms with Crippen LogP contribution in [0.4, 0.5) is 0 Å². The van der Waals surface area contributed by atoms with Gasteiger partial charge < -0.3 is 15.2 Å². The molecule has 1 amide bonds. The number of carbonyl (C=O) groups excluding carboxylic acids is 1. The molecule has 3 aromatic carbocycles. The molecule has 0 saturated heterocycles. The van der Waals surface area contributed by atoms with Crippen LogP contribution in [0.1, 0.15) is 65.1 Å². The number of ether oxygens (including phenoxy) is 1. The number of carboxylic acids is 1. The molecule has 4 aromatic rings. The minimum Gasteiger partial charge on any atom is -0.480 e. The first-order valence-electron chi connectivity index (χ1n) is 14.7. The molecule has 0 aliphatic rings. The molecular weight excluding hydrogens is 595 g/mol. The van der Waals surface area contributed by atoms with Crippen LogP contribution in [-0.2, 0) is 26.0 Å². The van der Waals surface area contributed by atoms with Crippen molar-refractivity contribution in [2.45, 2.75) is 58.3 Å². The number of hydrogen-bond acceptors (Lipinski definition) is 6. The van der Waals surface area contributed by atoms with E-state index in [0.717, 1.165) is 42.2 Å². The minimum atomic E-state index is -3.40. The van der Waals surface area contributed by atoms with E-state index in [1.165, 1.54) is 15.3 Å². The topological polar surface area (TPSA) is 110 Å². The maximum atomic E-state index is 13.4. The Hall–Kier alpha value is -3.79. The van der Waals surface area contributed by atoms with Crippen LogP contribution in [0.5, 0.6) is 0 Å². The minimum absolute atomic E-state index is 0.0755. The predicted octanol–water partition coefficient (Wildman–Crippen LogP) is 7.46. The summed E-state index contributed by atoms with van der Waals surface area (Å²) in [5, 5.41) is 12.2. The molecule has 0 fully saturated rings. The molecule has 0 aliphatic heterocycles. The summed E-state index contributed by atoms with van der Waals surface area (Å²) in [6.45, 7) is 4.45. The second-order valence-corrected chi connectivity index (χ2v) is 14.4. The maximum absolute atomic E-state index is 13.4. The second-order valence-electron chi connectivity index (χ2n) is 11.0. The number of thiophene rings is 1. The molecule has 0 saturated carbocycles. The summed E-state index contributed by atoms with van der Waals surface area (Å²) in [5.74, 6) is -2.21. The van der Waals surface area contributed by atoms with Gasteiger partial charge in [-0.25, -0.2) is 13.2 Å². The number of carbonyl (C=O) groups is 2. The first kappa shape index (κ1) is 33.1. The molecule has 2 atom stereocenters. The molecular formula is C35H39NO6S2. The van der Waals surface area contributed by atoms with E-state index >= 15 is 0 Å². The van der Waals surface area contributed by atoms with Gasteiger partial charge in [0, 0.05) is 21.6 Å². The van der Waals surface area contributed by atoms with Crippen LogP contribution in [-0.4, -0.2) is 43.5 Å². The average Bonchev–Trinajstić information content (AvgIpc) is 3.49. The smallest absolute Gasteiger partial charge is 0.326 e. The van der Waals surface area contributed by atoms with Crippen molar-refractivity contribution in [1.82, 2.24) is 5.32 Å². The van der Waals surface area contributed by atoms with Gasteiger partial charge >= 0.3 is 5.97 Å². The van der Waals surface area contributed by atoms with Gasteiger partial charge in [0.2, 0.25) is 0 Å². The molecule has 0 unspecified atom stereocenters. The Morgan fingerprint density at radius 1 is 0.932 bits per heavy atom. The number of hydrogen-bond donors (Lipinski definition) is 2. The Morgan fingerprint density at radius 2 is 1.66 bits per heavy atom. The number of rotatable bonds is 15. The zero-order valence-electron chi connectivity index (χ0n) is 25.3. The number of nitrogens with one attached hydrogen (secondary N) is 1. The molecule has 0 bridgehead atoms. The summed E-state index contributed by atoms with van der Waals surface area (Å²) >= 11 is 1.74.